The summed E-state index contributed by atoms with van der Waals surface area (Å²) >= 11 is 0. The molecule has 0 aromatic heterocycles. The Hall–Kier alpha value is -3.62. The molecule has 0 N–H and O–H groups in total. The van der Waals surface area contributed by atoms with E-state index >= 15 is 0 Å². The average molecular weight is 429 g/mol. The second kappa shape index (κ2) is 7.90. The molecule has 31 heavy (non-hydrogen) atoms. The summed E-state index contributed by atoms with van der Waals surface area (Å²) in [6.07, 6.45) is 0.0645. The van der Waals surface area contributed by atoms with Crippen molar-refractivity contribution in [2.45, 2.75) is 19.3 Å². The first-order chi connectivity index (χ1) is 14.7. The van der Waals surface area contributed by atoms with Crippen LogP contribution in [0.5, 0.6) is 0 Å². The number of hydrogen-bond donors (Lipinski definition) is 0. The second-order valence-electron chi connectivity index (χ2n) is 7.23. The fraction of sp³-hybridized carbons (Fsp3) is 0.318. The third-order valence-corrected chi connectivity index (χ3v) is 6.07. The van der Waals surface area contributed by atoms with E-state index in [0.717, 1.165) is 26.4 Å². The van der Waals surface area contributed by atoms with Gasteiger partial charge in [0.05, 0.1) is 24.6 Å². The topological polar surface area (TPSA) is 113 Å². The fourth-order valence-electron chi connectivity index (χ4n) is 4.68. The average Bonchev–Trinajstić information content (AvgIpc) is 3.43. The lowest BCUT2D eigenvalue weighted by Gasteiger charge is -2.20. The first-order valence-corrected chi connectivity index (χ1v) is 9.43. The third kappa shape index (κ3) is 2.99. The Labute approximate surface area is 177 Å². The zero-order chi connectivity index (χ0) is 23.0. The van der Waals surface area contributed by atoms with Crippen molar-refractivity contribution >= 4 is 23.4 Å². The summed E-state index contributed by atoms with van der Waals surface area (Å²) < 4.78 is 23.2. The van der Waals surface area contributed by atoms with Crippen LogP contribution in [0.4, 0.5) is 10.1 Å². The van der Waals surface area contributed by atoms with Crippen molar-refractivity contribution in [3.63, 3.8) is 0 Å². The number of Topliss-reactive ketones (excluding diaryl/α,β-unsaturated/α-hetero) is 1. The molecule has 0 unspecified atom stereocenters. The van der Waals surface area contributed by atoms with Gasteiger partial charge in [-0.1, -0.05) is 19.1 Å². The molecule has 2 aromatic rings. The number of nitrogens with zero attached hydrogens (tertiary/aromatic N) is 1. The highest BCUT2D eigenvalue weighted by atomic mass is 19.1. The second-order valence-corrected chi connectivity index (χ2v) is 7.23. The van der Waals surface area contributed by atoms with E-state index in [1.54, 1.807) is 6.92 Å². The minimum Gasteiger partial charge on any atom is -0.468 e. The molecule has 0 amide bonds. The van der Waals surface area contributed by atoms with Crippen LogP contribution in [0, 0.1) is 26.8 Å². The van der Waals surface area contributed by atoms with Crippen LogP contribution in [0.1, 0.15) is 35.2 Å². The highest BCUT2D eigenvalue weighted by Gasteiger charge is 2.88. The molecule has 3 rings (SSSR count). The van der Waals surface area contributed by atoms with Crippen molar-refractivity contribution in [1.82, 2.24) is 0 Å². The molecule has 2 atom stereocenters. The number of nitro groups is 1. The number of ketones is 1. The Kier molecular flexibility index (Phi) is 5.62. The first kappa shape index (κ1) is 22.1. The van der Waals surface area contributed by atoms with E-state index in [-0.39, 0.29) is 17.7 Å². The maximum Gasteiger partial charge on any atom is 0.324 e. The van der Waals surface area contributed by atoms with Crippen molar-refractivity contribution < 1.29 is 33.2 Å². The number of nitro benzene ring substituents is 1. The molecule has 0 radical (unpaired) electrons. The number of esters is 2. The molecule has 1 aliphatic rings. The monoisotopic (exact) mass is 429 g/mol. The number of hydrogen-bond acceptors (Lipinski definition) is 7. The van der Waals surface area contributed by atoms with Crippen molar-refractivity contribution in [3.8, 4) is 0 Å². The van der Waals surface area contributed by atoms with Gasteiger partial charge >= 0.3 is 11.9 Å². The number of carbonyl (C=O) groups excluding carboxylic acids is 3. The number of rotatable bonds is 7. The molecule has 0 saturated heterocycles. The molecule has 0 aliphatic heterocycles. The van der Waals surface area contributed by atoms with E-state index in [1.165, 1.54) is 36.4 Å². The molecule has 0 bridgehead atoms. The van der Waals surface area contributed by atoms with E-state index in [4.69, 9.17) is 9.47 Å². The smallest absolute Gasteiger partial charge is 0.324 e. The lowest BCUT2D eigenvalue weighted by Crippen LogP contribution is -2.37. The van der Waals surface area contributed by atoms with Gasteiger partial charge in [0.25, 0.3) is 5.69 Å². The number of methoxy groups -OCH3 is 2. The van der Waals surface area contributed by atoms with E-state index in [2.05, 4.69) is 0 Å². The maximum absolute atomic E-state index is 13.6. The predicted molar refractivity (Wildman–Crippen MR) is 106 cm³/mol. The number of halogens is 1. The Morgan fingerprint density at radius 1 is 1.00 bits per heavy atom. The Bertz CT molecular complexity index is 1030. The zero-order valence-corrected chi connectivity index (χ0v) is 17.1. The van der Waals surface area contributed by atoms with Gasteiger partial charge in [-0.05, 0) is 36.2 Å². The minimum atomic E-state index is -1.98. The number of ether oxygens (including phenoxy) is 2. The molecule has 1 saturated carbocycles. The SMILES string of the molecule is CC[C@]1(C(=O)c2ccc(F)cc2)[C@@H](c2ccc([N+](=O)[O-])cc2)C1(C(=O)OC)C(=O)OC. The van der Waals surface area contributed by atoms with E-state index in [1.807, 2.05) is 0 Å². The van der Waals surface area contributed by atoms with Crippen molar-refractivity contribution in [1.29, 1.82) is 0 Å². The lowest BCUT2D eigenvalue weighted by molar-refractivity contribution is -0.384. The summed E-state index contributed by atoms with van der Waals surface area (Å²) in [6.45, 7) is 1.65. The number of non-ortho nitro benzene ring substituents is 1. The summed E-state index contributed by atoms with van der Waals surface area (Å²) in [5, 5.41) is 11.0. The highest BCUT2D eigenvalue weighted by Crippen LogP contribution is 2.77. The summed E-state index contributed by atoms with van der Waals surface area (Å²) in [7, 11) is 2.20. The lowest BCUT2D eigenvalue weighted by atomic mass is 9.83. The molecular formula is C22H20FNO7. The largest absolute Gasteiger partial charge is 0.468 e. The van der Waals surface area contributed by atoms with Gasteiger partial charge in [-0.15, -0.1) is 0 Å². The number of carbonyl (C=O) groups is 3. The fourth-order valence-corrected chi connectivity index (χ4v) is 4.68. The van der Waals surface area contributed by atoms with Crippen molar-refractivity contribution in [3.05, 3.63) is 75.6 Å². The van der Waals surface area contributed by atoms with Crippen LogP contribution in [0.25, 0.3) is 0 Å². The third-order valence-electron chi connectivity index (χ3n) is 6.07. The highest BCUT2D eigenvalue weighted by molar-refractivity contribution is 6.18. The minimum absolute atomic E-state index is 0.0645. The predicted octanol–water partition coefficient (Wildman–Crippen LogP) is 3.44. The molecule has 0 heterocycles. The van der Waals surface area contributed by atoms with Gasteiger partial charge in [0.2, 0.25) is 0 Å². The van der Waals surface area contributed by atoms with Crippen LogP contribution in [0.15, 0.2) is 48.5 Å². The van der Waals surface area contributed by atoms with Crippen LogP contribution in [-0.2, 0) is 19.1 Å². The molecule has 1 fully saturated rings. The molecule has 0 spiro atoms. The van der Waals surface area contributed by atoms with Gasteiger partial charge in [-0.3, -0.25) is 24.5 Å². The van der Waals surface area contributed by atoms with Gasteiger partial charge in [0.1, 0.15) is 5.82 Å². The standard InChI is InChI=1S/C22H20FNO7/c1-4-21(18(25)14-5-9-15(23)10-6-14)17(13-7-11-16(12-8-13)24(28)29)22(21,19(26)30-2)20(27)31-3/h5-12,17H,4H2,1-3H3/t17-,21-/m1/s1. The molecule has 162 valence electrons. The summed E-state index contributed by atoms with van der Waals surface area (Å²) in [5.41, 5.74) is -3.24. The Balaban J connectivity index is 2.24. The molecule has 1 aliphatic carbocycles. The van der Waals surface area contributed by atoms with Gasteiger partial charge in [-0.25, -0.2) is 4.39 Å². The zero-order valence-electron chi connectivity index (χ0n) is 17.1. The van der Waals surface area contributed by atoms with Crippen LogP contribution in [0.3, 0.4) is 0 Å². The van der Waals surface area contributed by atoms with Gasteiger partial charge in [0.15, 0.2) is 11.2 Å². The van der Waals surface area contributed by atoms with E-state index in [0.29, 0.717) is 5.56 Å². The van der Waals surface area contributed by atoms with E-state index in [9.17, 15) is 28.9 Å². The summed E-state index contributed by atoms with van der Waals surface area (Å²) in [4.78, 5) is 50.0. The van der Waals surface area contributed by atoms with Crippen molar-refractivity contribution in [2.24, 2.45) is 10.8 Å². The molecular weight excluding hydrogens is 409 g/mol. The molecule has 9 heteroatoms. The Morgan fingerprint density at radius 2 is 1.52 bits per heavy atom. The van der Waals surface area contributed by atoms with Gasteiger partial charge in [-0.2, -0.15) is 0 Å². The normalized spacial score (nSPS) is 21.1. The van der Waals surface area contributed by atoms with Crippen LogP contribution < -0.4 is 0 Å². The quantitative estimate of drug-likeness (QED) is 0.218. The summed E-state index contributed by atoms with van der Waals surface area (Å²) in [5.74, 6) is -3.96. The number of benzene rings is 2. The van der Waals surface area contributed by atoms with E-state index < -0.39 is 45.2 Å². The summed E-state index contributed by atoms with van der Waals surface area (Å²) in [6, 6.07) is 10.0. The first-order valence-electron chi connectivity index (χ1n) is 9.43. The molecule has 2 aromatic carbocycles. The maximum atomic E-state index is 13.6. The van der Waals surface area contributed by atoms with Crippen LogP contribution >= 0.6 is 0 Å². The van der Waals surface area contributed by atoms with Crippen molar-refractivity contribution in [2.75, 3.05) is 14.2 Å². The van der Waals surface area contributed by atoms with Crippen LogP contribution in [0.2, 0.25) is 0 Å². The molecule has 8 nitrogen and oxygen atoms in total. The van der Waals surface area contributed by atoms with Crippen LogP contribution in [-0.4, -0.2) is 36.9 Å². The van der Waals surface area contributed by atoms with Gasteiger partial charge in [0, 0.05) is 23.6 Å². The van der Waals surface area contributed by atoms with Gasteiger partial charge < -0.3 is 9.47 Å². The Morgan fingerprint density at radius 3 is 1.94 bits per heavy atom.